The molecule has 1 aliphatic rings. The zero-order chi connectivity index (χ0) is 101. The van der Waals surface area contributed by atoms with Gasteiger partial charge in [0.05, 0.1) is 17.6 Å². The summed E-state index contributed by atoms with van der Waals surface area (Å²) in [4.78, 5) is 16.7. The Labute approximate surface area is 648 Å². The third-order valence-electron chi connectivity index (χ3n) is 16.2. The standard InChI is InChI=1S/C50H21F64N9O4/c51-13(52)27(67,68)35(83,84)43(99,100)47(107,108)39(91,92)31(75,76)23(59,60)7-124-19-116-17(117-20(120-19)125-8-24(61,62)32(77,78)40(93,94)48(109,110)44(101,102)36(85,86)28(69,70)14(53)54)122-4-1-5-123(12-6-115-3-2-11(12)122)18-118-21(126-9-25(63,64)33(79,80)41(95,96)49(111,112)45(103,104)37(87,88)29(71,72)15(55)56)121-22(119-18)127-10-26(65,66)34(81,82)42(97,98)50(113,114)46(105,106)38(89,90)30(73,74)16(57)58/h2-3,6,13-16H,1,4-5,7-10H2. The molecular weight excluding hydrogens is 2010 g/mol. The third kappa shape index (κ3) is 16.0. The summed E-state index contributed by atoms with van der Waals surface area (Å²) in [7, 11) is 0. The van der Waals surface area contributed by atoms with Gasteiger partial charge in [0.25, 0.3) is 0 Å². The molecule has 3 aromatic rings. The van der Waals surface area contributed by atoms with Crippen molar-refractivity contribution in [3.05, 3.63) is 18.5 Å². The van der Waals surface area contributed by atoms with Gasteiger partial charge in [-0.15, -0.1) is 9.97 Å². The maximum absolute atomic E-state index is 15.2. The number of rotatable bonds is 42. The predicted octanol–water partition coefficient (Wildman–Crippen LogP) is 21.5. The Kier molecular flexibility index (Phi) is 28.1. The van der Waals surface area contributed by atoms with Crippen LogP contribution in [0.5, 0.6) is 24.0 Å². The van der Waals surface area contributed by atoms with Crippen LogP contribution in [0.4, 0.5) is 304 Å². The first-order valence-electron chi connectivity index (χ1n) is 29.8. The molecule has 0 saturated carbocycles. The number of fused-ring (bicyclic) bond motifs is 1. The van der Waals surface area contributed by atoms with Gasteiger partial charge in [-0.25, -0.2) is 35.1 Å². The molecule has 738 valence electrons. The Morgan fingerprint density at radius 2 is 0.394 bits per heavy atom. The SMILES string of the molecule is FC(F)C(F)(F)C(F)(F)C(F)(F)C(F)(F)C(F)(F)C(F)(F)C(F)(F)COc1nc(OCC(F)(F)C(F)(F)C(F)(F)C(F)(F)C(F)(F)C(F)(F)C(F)(F)C(F)F)nc(N2CCCN(c3nc(OCC(F)(F)C(F)(F)C(F)(F)C(F)(F)C(F)(F)C(F)(F)C(F)(F)C(F)F)nc(OCC(F)(F)C(F)(F)C(F)(F)C(F)(F)C(F)(F)C(F)(F)C(F)(F)C(F)F)n3)c3cnccc32)n1. The Balaban J connectivity index is 2.13. The summed E-state index contributed by atoms with van der Waals surface area (Å²) in [5.41, 5.74) is -3.47. The van der Waals surface area contributed by atoms with Gasteiger partial charge in [0, 0.05) is 19.3 Å². The van der Waals surface area contributed by atoms with Gasteiger partial charge in [0.2, 0.25) is 11.9 Å². The fraction of sp³-hybridized carbons (Fsp3) is 0.780. The van der Waals surface area contributed by atoms with Crippen molar-refractivity contribution in [2.75, 3.05) is 49.3 Å². The zero-order valence-corrected chi connectivity index (χ0v) is 56.8. The molecule has 3 aromatic heterocycles. The molecule has 127 heavy (non-hydrogen) atoms. The third-order valence-corrected chi connectivity index (χ3v) is 16.2. The topological polar surface area (TPSA) is 134 Å². The first-order chi connectivity index (χ1) is 55.5. The van der Waals surface area contributed by atoms with Gasteiger partial charge in [-0.3, -0.25) is 4.98 Å². The lowest BCUT2D eigenvalue weighted by Gasteiger charge is -2.42. The number of hydrogen-bond donors (Lipinski definition) is 0. The molecule has 0 unspecified atom stereocenters. The molecule has 0 saturated heterocycles. The van der Waals surface area contributed by atoms with E-state index in [1.54, 1.807) is 0 Å². The number of ether oxygens (including phenoxy) is 4. The highest BCUT2D eigenvalue weighted by molar-refractivity contribution is 5.78. The van der Waals surface area contributed by atoms with Crippen LogP contribution in [0.3, 0.4) is 0 Å². The van der Waals surface area contributed by atoms with E-state index in [1.165, 1.54) is 0 Å². The van der Waals surface area contributed by atoms with Crippen molar-refractivity contribution < 1.29 is 300 Å². The van der Waals surface area contributed by atoms with Crippen molar-refractivity contribution in [1.29, 1.82) is 0 Å². The van der Waals surface area contributed by atoms with Crippen LogP contribution >= 0.6 is 0 Å². The van der Waals surface area contributed by atoms with Crippen LogP contribution in [0, 0.1) is 0 Å². The van der Waals surface area contributed by atoms with E-state index < -0.39 is 295 Å². The fourth-order valence-electron chi connectivity index (χ4n) is 8.67. The predicted molar refractivity (Wildman–Crippen MR) is 267 cm³/mol. The Bertz CT molecular complexity index is 3850. The van der Waals surface area contributed by atoms with Crippen LogP contribution in [0.15, 0.2) is 18.5 Å². The average Bonchev–Trinajstić information content (AvgIpc) is 0.769. The van der Waals surface area contributed by atoms with Gasteiger partial charge < -0.3 is 28.7 Å². The summed E-state index contributed by atoms with van der Waals surface area (Å²) >= 11 is 0. The van der Waals surface area contributed by atoms with Crippen molar-refractivity contribution in [1.82, 2.24) is 34.9 Å². The summed E-state index contributed by atoms with van der Waals surface area (Å²) in [6.07, 6.45) is -27.9. The second-order valence-electron chi connectivity index (χ2n) is 24.6. The number of hydrogen-bond acceptors (Lipinski definition) is 13. The molecule has 0 fully saturated rings. The summed E-state index contributed by atoms with van der Waals surface area (Å²) in [6, 6.07) is -12.8. The molecule has 0 bridgehead atoms. The van der Waals surface area contributed by atoms with Gasteiger partial charge in [-0.05, 0) is 12.5 Å². The maximum Gasteiger partial charge on any atom is 0.385 e. The second kappa shape index (κ2) is 32.2. The van der Waals surface area contributed by atoms with Gasteiger partial charge in [-0.2, -0.15) is 266 Å². The Morgan fingerprint density at radius 3 is 0.575 bits per heavy atom. The molecule has 13 nitrogen and oxygen atoms in total. The highest BCUT2D eigenvalue weighted by Gasteiger charge is 2.99. The minimum atomic E-state index is -9.37. The number of anilines is 4. The van der Waals surface area contributed by atoms with E-state index in [0.717, 1.165) is 0 Å². The van der Waals surface area contributed by atoms with Crippen molar-refractivity contribution in [3.8, 4) is 24.0 Å². The highest BCUT2D eigenvalue weighted by Crippen LogP contribution is 2.69. The number of halogens is 64. The molecule has 1 aliphatic heterocycles. The lowest BCUT2D eigenvalue weighted by Crippen LogP contribution is -2.74. The van der Waals surface area contributed by atoms with Gasteiger partial charge in [-0.1, -0.05) is 0 Å². The Hall–Kier alpha value is -8.51. The van der Waals surface area contributed by atoms with E-state index in [9.17, 15) is 246 Å². The number of aromatic nitrogens is 7. The molecule has 0 aliphatic carbocycles. The van der Waals surface area contributed by atoms with Crippen molar-refractivity contribution >= 4 is 23.3 Å². The average molecular weight is 2030 g/mol. The van der Waals surface area contributed by atoms with Crippen molar-refractivity contribution in [2.24, 2.45) is 0 Å². The number of pyridine rings is 1. The summed E-state index contributed by atoms with van der Waals surface area (Å²) in [5, 5.41) is 0. The van der Waals surface area contributed by atoms with E-state index in [2.05, 4.69) is 53.8 Å². The van der Waals surface area contributed by atoms with Gasteiger partial charge in [0.15, 0.2) is 26.4 Å². The van der Waals surface area contributed by atoms with Crippen molar-refractivity contribution in [3.63, 3.8) is 0 Å². The van der Waals surface area contributed by atoms with Crippen LogP contribution in [-0.2, 0) is 0 Å². The van der Waals surface area contributed by atoms with E-state index in [0.29, 0.717) is 0 Å². The molecule has 0 amide bonds. The monoisotopic (exact) mass is 2030 g/mol. The van der Waals surface area contributed by atoms with Gasteiger partial charge >= 0.3 is 216 Å². The fourth-order valence-corrected chi connectivity index (χ4v) is 8.67. The summed E-state index contributed by atoms with van der Waals surface area (Å²) in [6.45, 7) is -21.6. The number of alkyl halides is 64. The molecule has 0 radical (unpaired) electrons. The van der Waals surface area contributed by atoms with Crippen molar-refractivity contribution in [2.45, 2.75) is 198 Å². The van der Waals surface area contributed by atoms with Crippen LogP contribution < -0.4 is 28.7 Å². The smallest absolute Gasteiger partial charge is 0.385 e. The largest absolute Gasteiger partial charge is 0.457 e. The molecular formula is C50H21F64N9O4. The number of nitrogens with zero attached hydrogens (tertiary/aromatic N) is 9. The van der Waals surface area contributed by atoms with Crippen LogP contribution in [-0.4, -0.2) is 266 Å². The lowest BCUT2D eigenvalue weighted by atomic mass is 9.89. The molecule has 77 heteroatoms. The molecule has 0 spiro atoms. The maximum atomic E-state index is 15.2. The second-order valence-corrected chi connectivity index (χ2v) is 24.6. The van der Waals surface area contributed by atoms with E-state index in [4.69, 9.17) is 0 Å². The quantitative estimate of drug-likeness (QED) is 0.0499. The van der Waals surface area contributed by atoms with E-state index in [1.807, 2.05) is 0 Å². The van der Waals surface area contributed by atoms with Crippen LogP contribution in [0.2, 0.25) is 0 Å². The normalized spacial score (nSPS) is 16.5. The summed E-state index contributed by atoms with van der Waals surface area (Å²) in [5.74, 6) is -252. The summed E-state index contributed by atoms with van der Waals surface area (Å²) < 4.78 is 922. The first kappa shape index (κ1) is 111. The lowest BCUT2D eigenvalue weighted by molar-refractivity contribution is -0.447. The highest BCUT2D eigenvalue weighted by atomic mass is 19.4. The minimum absolute atomic E-state index is 0.00685. The first-order valence-corrected chi connectivity index (χ1v) is 29.8. The Morgan fingerprint density at radius 1 is 0.228 bits per heavy atom. The molecule has 0 N–H and O–H groups in total. The molecule has 4 rings (SSSR count). The van der Waals surface area contributed by atoms with E-state index in [-0.39, 0.29) is 18.5 Å². The molecule has 0 aromatic carbocycles. The van der Waals surface area contributed by atoms with E-state index >= 15 is 35.1 Å². The van der Waals surface area contributed by atoms with Crippen LogP contribution in [0.1, 0.15) is 6.42 Å². The minimum Gasteiger partial charge on any atom is -0.457 e. The molecule has 4 heterocycles. The van der Waals surface area contributed by atoms with Crippen LogP contribution in [0.25, 0.3) is 0 Å². The molecule has 0 atom stereocenters. The zero-order valence-electron chi connectivity index (χ0n) is 56.8. The van der Waals surface area contributed by atoms with Gasteiger partial charge in [0.1, 0.15) is 0 Å².